The van der Waals surface area contributed by atoms with E-state index in [1.165, 1.54) is 0 Å². The van der Waals surface area contributed by atoms with Gasteiger partial charge in [-0.05, 0) is 7.05 Å². The van der Waals surface area contributed by atoms with Gasteiger partial charge < -0.3 is 30.8 Å². The van der Waals surface area contributed by atoms with E-state index in [9.17, 15) is 5.11 Å². The number of hydrogen-bond donors (Lipinski definition) is 6. The Kier molecular flexibility index (Phi) is 12.2. The summed E-state index contributed by atoms with van der Waals surface area (Å²) in [6.45, 7) is -0.569. The van der Waals surface area contributed by atoms with Crippen molar-refractivity contribution in [1.29, 1.82) is 0 Å². The molecule has 0 aliphatic carbocycles. The van der Waals surface area contributed by atoms with Crippen LogP contribution in [0.1, 0.15) is 0 Å². The molecule has 0 heterocycles. The summed E-state index contributed by atoms with van der Waals surface area (Å²) in [4.78, 5) is 0. The molecule has 0 aliphatic heterocycles. The molecule has 0 aromatic carbocycles. The molecule has 0 saturated carbocycles. The van der Waals surface area contributed by atoms with Gasteiger partial charge in [0.15, 0.2) is 0 Å². The Morgan fingerprint density at radius 2 is 1.43 bits per heavy atom. The first kappa shape index (κ1) is 17.8. The second kappa shape index (κ2) is 9.61. The summed E-state index contributed by atoms with van der Waals surface area (Å²) < 4.78 is 0. The van der Waals surface area contributed by atoms with Crippen LogP contribution in [0.3, 0.4) is 0 Å². The Bertz CT molecular complexity index is 139. The molecule has 0 aromatic rings. The second-order valence-electron chi connectivity index (χ2n) is 2.86. The quantitative estimate of drug-likeness (QED) is 0.262. The van der Waals surface area contributed by atoms with Gasteiger partial charge in [0.25, 0.3) is 0 Å². The Labute approximate surface area is 125 Å². The van der Waals surface area contributed by atoms with Gasteiger partial charge in [-0.25, -0.2) is 0 Å². The summed E-state index contributed by atoms with van der Waals surface area (Å²) >= 11 is 0. The summed E-state index contributed by atoms with van der Waals surface area (Å²) in [5.41, 5.74) is 0. The summed E-state index contributed by atoms with van der Waals surface area (Å²) in [7, 11) is 1.57. The molecule has 0 radical (unpaired) electrons. The van der Waals surface area contributed by atoms with Crippen LogP contribution < -0.4 is 5.32 Å². The van der Waals surface area contributed by atoms with E-state index in [0.717, 1.165) is 0 Å². The van der Waals surface area contributed by atoms with E-state index in [0.29, 0.717) is 0 Å². The van der Waals surface area contributed by atoms with Crippen molar-refractivity contribution in [2.45, 2.75) is 24.4 Å². The maximum atomic E-state index is 9.21. The van der Waals surface area contributed by atoms with Crippen LogP contribution in [0.25, 0.3) is 0 Å². The molecule has 0 saturated heterocycles. The van der Waals surface area contributed by atoms with Gasteiger partial charge in [0.1, 0.15) is 18.3 Å². The Balaban J connectivity index is 0. The van der Waals surface area contributed by atoms with Gasteiger partial charge in [0, 0.05) is 6.54 Å². The van der Waals surface area contributed by atoms with Crippen LogP contribution in [0.5, 0.6) is 0 Å². The molecule has 82 valence electrons. The molecule has 0 bridgehead atoms. The summed E-state index contributed by atoms with van der Waals surface area (Å²) in [6.07, 6.45) is -5.65. The minimum absolute atomic E-state index is 0. The van der Waals surface area contributed by atoms with Gasteiger partial charge in [-0.1, -0.05) is 0 Å². The third-order valence-electron chi connectivity index (χ3n) is 1.74. The van der Waals surface area contributed by atoms with Crippen molar-refractivity contribution in [3.8, 4) is 0 Å². The van der Waals surface area contributed by atoms with E-state index < -0.39 is 31.0 Å². The first-order chi connectivity index (χ1) is 6.04. The van der Waals surface area contributed by atoms with Gasteiger partial charge in [0.05, 0.1) is 12.7 Å². The van der Waals surface area contributed by atoms with Crippen molar-refractivity contribution >= 4 is 51.4 Å². The van der Waals surface area contributed by atoms with Gasteiger partial charge in [-0.3, -0.25) is 0 Å². The van der Waals surface area contributed by atoms with Crippen molar-refractivity contribution in [1.82, 2.24) is 5.32 Å². The normalized spacial score (nSPS) is 19.3. The van der Waals surface area contributed by atoms with Gasteiger partial charge in [-0.2, -0.15) is 0 Å². The molecule has 4 atom stereocenters. The van der Waals surface area contributed by atoms with Crippen molar-refractivity contribution in [2.24, 2.45) is 0 Å². The number of likely N-dealkylation sites (N-methyl/N-ethyl adjacent to an activating group) is 1. The van der Waals surface area contributed by atoms with Gasteiger partial charge >= 0.3 is 51.4 Å². The van der Waals surface area contributed by atoms with Gasteiger partial charge in [0.2, 0.25) is 0 Å². The topological polar surface area (TPSA) is 113 Å². The van der Waals surface area contributed by atoms with Crippen molar-refractivity contribution < 1.29 is 25.5 Å². The van der Waals surface area contributed by atoms with Crippen LogP contribution in [0.15, 0.2) is 0 Å². The molecular formula is C7H18KNO5. The van der Waals surface area contributed by atoms with E-state index >= 15 is 0 Å². The summed E-state index contributed by atoms with van der Waals surface area (Å²) in [5, 5.41) is 47.5. The van der Waals surface area contributed by atoms with E-state index in [1.54, 1.807) is 7.05 Å². The molecular weight excluding hydrogens is 217 g/mol. The van der Waals surface area contributed by atoms with Crippen molar-refractivity contribution in [2.75, 3.05) is 20.2 Å². The first-order valence-electron chi connectivity index (χ1n) is 4.02. The first-order valence-corrected chi connectivity index (χ1v) is 4.02. The predicted octanol–water partition coefficient (Wildman–Crippen LogP) is -4.01. The number of aliphatic hydroxyl groups is 5. The Hall–Kier alpha value is 1.40. The molecule has 6 N–H and O–H groups in total. The SMILES string of the molecule is CNC[C@H](O)[C@@H](O)[C@H](O)[C@H](O)CO.[KH]. The number of aliphatic hydroxyl groups excluding tert-OH is 5. The number of hydrogen-bond acceptors (Lipinski definition) is 6. The van der Waals surface area contributed by atoms with Crippen molar-refractivity contribution in [3.63, 3.8) is 0 Å². The van der Waals surface area contributed by atoms with Crippen LogP contribution in [-0.4, -0.2) is 122 Å². The molecule has 0 amide bonds. The van der Waals surface area contributed by atoms with Crippen LogP contribution in [0.2, 0.25) is 0 Å². The summed E-state index contributed by atoms with van der Waals surface area (Å²) in [6, 6.07) is 0. The van der Waals surface area contributed by atoms with E-state index in [1.807, 2.05) is 0 Å². The predicted molar refractivity (Wildman–Crippen MR) is 52.2 cm³/mol. The zero-order valence-electron chi connectivity index (χ0n) is 7.46. The fourth-order valence-electron chi connectivity index (χ4n) is 0.893. The minimum atomic E-state index is -1.55. The zero-order valence-corrected chi connectivity index (χ0v) is 7.46. The van der Waals surface area contributed by atoms with E-state index in [-0.39, 0.29) is 57.9 Å². The van der Waals surface area contributed by atoms with E-state index in [2.05, 4.69) is 5.32 Å². The van der Waals surface area contributed by atoms with Crippen molar-refractivity contribution in [3.05, 3.63) is 0 Å². The number of rotatable bonds is 6. The Morgan fingerprint density at radius 1 is 1.00 bits per heavy atom. The molecule has 0 rings (SSSR count). The average molecular weight is 235 g/mol. The third kappa shape index (κ3) is 6.08. The maximum absolute atomic E-state index is 9.21. The van der Waals surface area contributed by atoms with Crippen LogP contribution in [-0.2, 0) is 0 Å². The van der Waals surface area contributed by atoms with E-state index in [4.69, 9.17) is 20.4 Å². The monoisotopic (exact) mass is 235 g/mol. The zero-order chi connectivity index (χ0) is 10.4. The number of nitrogens with one attached hydrogen (secondary N) is 1. The molecule has 0 aliphatic rings. The molecule has 7 heteroatoms. The third-order valence-corrected chi connectivity index (χ3v) is 1.74. The van der Waals surface area contributed by atoms with Gasteiger partial charge in [-0.15, -0.1) is 0 Å². The molecule has 0 unspecified atom stereocenters. The molecule has 6 nitrogen and oxygen atoms in total. The fourth-order valence-corrected chi connectivity index (χ4v) is 0.893. The molecule has 0 aromatic heterocycles. The van der Waals surface area contributed by atoms with Crippen LogP contribution in [0, 0.1) is 0 Å². The standard InChI is InChI=1S/C7H17NO5.K.H/c1-8-2-4(10)6(12)7(13)5(11)3-9;;/h4-13H,2-3H2,1H3;;/t4-,5+,6+,7+;;/m0../s1. The molecule has 14 heavy (non-hydrogen) atoms. The van der Waals surface area contributed by atoms with Crippen LogP contribution in [0.4, 0.5) is 0 Å². The summed E-state index contributed by atoms with van der Waals surface area (Å²) in [5.74, 6) is 0. The fraction of sp³-hybridized carbons (Fsp3) is 1.00. The average Bonchev–Trinajstić information content (AvgIpc) is 2.14. The molecule has 0 spiro atoms. The Morgan fingerprint density at radius 3 is 1.79 bits per heavy atom. The molecule has 0 fully saturated rings. The van der Waals surface area contributed by atoms with Crippen LogP contribution >= 0.6 is 0 Å². The second-order valence-corrected chi connectivity index (χ2v) is 2.86.